The van der Waals surface area contributed by atoms with E-state index in [4.69, 9.17) is 11.6 Å². The molecule has 24 heavy (non-hydrogen) atoms. The van der Waals surface area contributed by atoms with Crippen LogP contribution < -0.4 is 5.32 Å². The molecule has 4 nitrogen and oxygen atoms in total. The van der Waals surface area contributed by atoms with Gasteiger partial charge in [-0.15, -0.1) is 0 Å². The topological polar surface area (TPSA) is 66.4 Å². The number of carbonyl (C=O) groups is 2. The van der Waals surface area contributed by atoms with E-state index in [1.54, 1.807) is 6.07 Å². The third-order valence-electron chi connectivity index (χ3n) is 4.33. The van der Waals surface area contributed by atoms with Crippen LogP contribution in [0.25, 0.3) is 0 Å². The van der Waals surface area contributed by atoms with E-state index in [1.165, 1.54) is 0 Å². The van der Waals surface area contributed by atoms with Gasteiger partial charge < -0.3 is 10.4 Å². The lowest BCUT2D eigenvalue weighted by Gasteiger charge is -2.15. The minimum Gasteiger partial charge on any atom is -0.480 e. The number of benzene rings is 2. The number of amides is 1. The Hall–Kier alpha value is -2.33. The Morgan fingerprint density at radius 1 is 1.12 bits per heavy atom. The fourth-order valence-electron chi connectivity index (χ4n) is 2.93. The van der Waals surface area contributed by atoms with Gasteiger partial charge in [-0.25, -0.2) is 4.79 Å². The molecule has 5 heteroatoms. The molecule has 1 aliphatic carbocycles. The van der Waals surface area contributed by atoms with Crippen molar-refractivity contribution in [1.82, 2.24) is 5.32 Å². The van der Waals surface area contributed by atoms with E-state index in [-0.39, 0.29) is 24.2 Å². The molecular weight excluding hydrogens is 326 g/mol. The summed E-state index contributed by atoms with van der Waals surface area (Å²) in [7, 11) is 0. The van der Waals surface area contributed by atoms with Crippen LogP contribution in [0.2, 0.25) is 5.02 Å². The van der Waals surface area contributed by atoms with E-state index in [2.05, 4.69) is 5.32 Å². The maximum atomic E-state index is 12.4. The average molecular weight is 344 g/mol. The molecule has 1 aliphatic rings. The van der Waals surface area contributed by atoms with Crippen LogP contribution in [0.15, 0.2) is 54.6 Å². The summed E-state index contributed by atoms with van der Waals surface area (Å²) in [6.45, 7) is 0. The summed E-state index contributed by atoms with van der Waals surface area (Å²) < 4.78 is 0. The van der Waals surface area contributed by atoms with Crippen LogP contribution in [0.5, 0.6) is 0 Å². The van der Waals surface area contributed by atoms with Crippen molar-refractivity contribution in [2.75, 3.05) is 0 Å². The number of nitrogens with one attached hydrogen (secondary N) is 1. The van der Waals surface area contributed by atoms with Gasteiger partial charge in [-0.05, 0) is 29.5 Å². The van der Waals surface area contributed by atoms with E-state index >= 15 is 0 Å². The van der Waals surface area contributed by atoms with Gasteiger partial charge in [-0.2, -0.15) is 0 Å². The van der Waals surface area contributed by atoms with Crippen LogP contribution in [0, 0.1) is 5.92 Å². The number of carboxylic acid groups (broad SMARTS) is 1. The molecule has 0 aliphatic heterocycles. The van der Waals surface area contributed by atoms with Crippen molar-refractivity contribution in [2.45, 2.75) is 24.8 Å². The second-order valence-corrected chi connectivity index (χ2v) is 6.47. The number of carbonyl (C=O) groups excluding carboxylic acids is 1. The summed E-state index contributed by atoms with van der Waals surface area (Å²) in [5.41, 5.74) is 1.83. The predicted octanol–water partition coefficient (Wildman–Crippen LogP) is 3.26. The van der Waals surface area contributed by atoms with Crippen LogP contribution >= 0.6 is 11.6 Å². The molecule has 0 unspecified atom stereocenters. The molecule has 0 spiro atoms. The highest BCUT2D eigenvalue weighted by molar-refractivity contribution is 6.31. The van der Waals surface area contributed by atoms with E-state index in [9.17, 15) is 14.7 Å². The molecule has 124 valence electrons. The van der Waals surface area contributed by atoms with E-state index in [0.29, 0.717) is 11.4 Å². The van der Waals surface area contributed by atoms with Gasteiger partial charge in [0.2, 0.25) is 5.91 Å². The zero-order chi connectivity index (χ0) is 17.1. The summed E-state index contributed by atoms with van der Waals surface area (Å²) in [6, 6.07) is 15.8. The van der Waals surface area contributed by atoms with Crippen molar-refractivity contribution in [3.63, 3.8) is 0 Å². The zero-order valence-corrected chi connectivity index (χ0v) is 13.7. The quantitative estimate of drug-likeness (QED) is 0.846. The molecule has 0 bridgehead atoms. The van der Waals surface area contributed by atoms with Gasteiger partial charge in [0.1, 0.15) is 6.04 Å². The van der Waals surface area contributed by atoms with Gasteiger partial charge in [0.25, 0.3) is 0 Å². The summed E-state index contributed by atoms with van der Waals surface area (Å²) in [5.74, 6) is -1.38. The molecule has 1 saturated carbocycles. The van der Waals surface area contributed by atoms with Crippen molar-refractivity contribution in [3.05, 3.63) is 70.7 Å². The normalized spacial score (nSPS) is 20.2. The van der Waals surface area contributed by atoms with E-state index < -0.39 is 12.0 Å². The van der Waals surface area contributed by atoms with Gasteiger partial charge in [0, 0.05) is 17.4 Å². The molecule has 0 heterocycles. The number of aliphatic carboxylic acids is 1. The molecule has 0 aromatic heterocycles. The van der Waals surface area contributed by atoms with Crippen molar-refractivity contribution in [1.29, 1.82) is 0 Å². The highest BCUT2D eigenvalue weighted by Crippen LogP contribution is 2.49. The minimum atomic E-state index is -1.03. The number of carboxylic acids is 1. The molecule has 2 aromatic rings. The van der Waals surface area contributed by atoms with Crippen LogP contribution in [0.1, 0.15) is 23.5 Å². The summed E-state index contributed by atoms with van der Waals surface area (Å²) in [5, 5.41) is 12.7. The van der Waals surface area contributed by atoms with Crippen molar-refractivity contribution in [2.24, 2.45) is 5.92 Å². The lowest BCUT2D eigenvalue weighted by Crippen LogP contribution is -2.43. The van der Waals surface area contributed by atoms with Crippen LogP contribution in [-0.4, -0.2) is 23.0 Å². The monoisotopic (exact) mass is 343 g/mol. The Labute approximate surface area is 145 Å². The molecular formula is C19H18ClNO3. The first-order valence-electron chi connectivity index (χ1n) is 7.88. The highest BCUT2D eigenvalue weighted by atomic mass is 35.5. The lowest BCUT2D eigenvalue weighted by atomic mass is 10.1. The third-order valence-corrected chi connectivity index (χ3v) is 4.67. The minimum absolute atomic E-state index is 0.0740. The molecule has 2 N–H and O–H groups in total. The van der Waals surface area contributed by atoms with Crippen LogP contribution in [-0.2, 0) is 16.0 Å². The molecule has 0 radical (unpaired) electrons. The highest BCUT2D eigenvalue weighted by Gasteiger charge is 2.45. The molecule has 0 saturated heterocycles. The van der Waals surface area contributed by atoms with Gasteiger partial charge in [-0.3, -0.25) is 4.79 Å². The van der Waals surface area contributed by atoms with Gasteiger partial charge in [0.05, 0.1) is 0 Å². The second-order valence-electron chi connectivity index (χ2n) is 6.06. The van der Waals surface area contributed by atoms with Gasteiger partial charge in [0.15, 0.2) is 0 Å². The maximum Gasteiger partial charge on any atom is 0.326 e. The Balaban J connectivity index is 1.63. The maximum absolute atomic E-state index is 12.4. The number of halogens is 1. The van der Waals surface area contributed by atoms with Crippen molar-refractivity contribution >= 4 is 23.5 Å². The first-order chi connectivity index (χ1) is 11.6. The van der Waals surface area contributed by atoms with Crippen LogP contribution in [0.3, 0.4) is 0 Å². The van der Waals surface area contributed by atoms with E-state index in [1.807, 2.05) is 48.5 Å². The Morgan fingerprint density at radius 3 is 2.46 bits per heavy atom. The van der Waals surface area contributed by atoms with E-state index in [0.717, 1.165) is 11.1 Å². The lowest BCUT2D eigenvalue weighted by molar-refractivity contribution is -0.142. The summed E-state index contributed by atoms with van der Waals surface area (Å²) in [4.78, 5) is 23.8. The fourth-order valence-corrected chi connectivity index (χ4v) is 3.21. The number of rotatable bonds is 6. The fraction of sp³-hybridized carbons (Fsp3) is 0.263. The molecule has 2 aromatic carbocycles. The van der Waals surface area contributed by atoms with Crippen molar-refractivity contribution < 1.29 is 14.7 Å². The molecule has 3 rings (SSSR count). The standard InChI is InChI=1S/C19H18ClNO3/c20-16-9-5-4-8-13(16)14-11-15(14)18(22)21-17(19(23)24)10-12-6-2-1-3-7-12/h1-9,14-15,17H,10-11H2,(H,21,22)(H,23,24)/t14-,15+,17-/m1/s1. The number of hydrogen-bond acceptors (Lipinski definition) is 2. The molecule has 1 amide bonds. The Morgan fingerprint density at radius 2 is 1.79 bits per heavy atom. The molecule has 1 fully saturated rings. The SMILES string of the molecule is O=C(N[C@H](Cc1ccccc1)C(=O)O)[C@H]1C[C@@H]1c1ccccc1Cl. The average Bonchev–Trinajstić information content (AvgIpc) is 3.36. The van der Waals surface area contributed by atoms with Gasteiger partial charge >= 0.3 is 5.97 Å². The summed E-state index contributed by atoms with van der Waals surface area (Å²) in [6.07, 6.45) is 0.971. The first kappa shape index (κ1) is 16.5. The largest absolute Gasteiger partial charge is 0.480 e. The number of hydrogen-bond donors (Lipinski definition) is 2. The Bertz CT molecular complexity index is 747. The smallest absolute Gasteiger partial charge is 0.326 e. The zero-order valence-electron chi connectivity index (χ0n) is 13.0. The third kappa shape index (κ3) is 3.77. The molecule has 3 atom stereocenters. The second kappa shape index (κ2) is 7.05. The van der Waals surface area contributed by atoms with Crippen LogP contribution in [0.4, 0.5) is 0 Å². The Kier molecular flexibility index (Phi) is 4.86. The summed E-state index contributed by atoms with van der Waals surface area (Å²) >= 11 is 6.17. The van der Waals surface area contributed by atoms with Crippen molar-refractivity contribution in [3.8, 4) is 0 Å². The predicted molar refractivity (Wildman–Crippen MR) is 92.0 cm³/mol. The first-order valence-corrected chi connectivity index (χ1v) is 8.25. The van der Waals surface area contributed by atoms with Gasteiger partial charge in [-0.1, -0.05) is 60.1 Å².